The van der Waals surface area contributed by atoms with Crippen LogP contribution in [0.2, 0.25) is 0 Å². The van der Waals surface area contributed by atoms with Crippen LogP contribution >= 0.6 is 0 Å². The number of hydrogen-bond donors (Lipinski definition) is 1. The molecule has 1 amide bonds. The minimum atomic E-state index is -3.53. The van der Waals surface area contributed by atoms with Gasteiger partial charge >= 0.3 is 0 Å². The van der Waals surface area contributed by atoms with Crippen molar-refractivity contribution in [1.82, 2.24) is 9.62 Å². The molecular weight excluding hydrogens is 374 g/mol. The number of hydrogen-bond acceptors (Lipinski definition) is 4. The summed E-state index contributed by atoms with van der Waals surface area (Å²) in [6.07, 6.45) is 3.50. The molecule has 0 spiro atoms. The zero-order valence-corrected chi connectivity index (χ0v) is 18.1. The molecule has 0 radical (unpaired) electrons. The molecule has 0 saturated carbocycles. The van der Waals surface area contributed by atoms with Crippen molar-refractivity contribution in [3.63, 3.8) is 0 Å². The van der Waals surface area contributed by atoms with Gasteiger partial charge in [0.25, 0.3) is 0 Å². The van der Waals surface area contributed by atoms with E-state index in [4.69, 9.17) is 0 Å². The standard InChI is InChI=1S/C21H33N3O3S/c1-16-12-17(2)15-23(14-16)10-5-9-22-28(26,27)19-7-8-20(18(3)13-19)24-11-4-6-21(24)25/h7-8,13,16-17,22H,4-6,9-12,14-15H2,1-3H3/t16-,17-/m1/s1. The summed E-state index contributed by atoms with van der Waals surface area (Å²) in [4.78, 5) is 16.4. The predicted molar refractivity (Wildman–Crippen MR) is 112 cm³/mol. The number of aryl methyl sites for hydroxylation is 1. The number of carbonyl (C=O) groups is 1. The summed E-state index contributed by atoms with van der Waals surface area (Å²) in [6.45, 7) is 10.7. The van der Waals surface area contributed by atoms with Gasteiger partial charge in [0.05, 0.1) is 4.90 Å². The monoisotopic (exact) mass is 407 g/mol. The first-order chi connectivity index (χ1) is 13.3. The van der Waals surface area contributed by atoms with Gasteiger partial charge in [-0.3, -0.25) is 4.79 Å². The Bertz CT molecular complexity index is 799. The first-order valence-corrected chi connectivity index (χ1v) is 11.9. The molecule has 2 fully saturated rings. The second-order valence-electron chi connectivity index (χ2n) is 8.55. The van der Waals surface area contributed by atoms with Crippen molar-refractivity contribution >= 4 is 21.6 Å². The zero-order valence-electron chi connectivity index (χ0n) is 17.3. The van der Waals surface area contributed by atoms with Crippen molar-refractivity contribution in [2.45, 2.75) is 51.3 Å². The Morgan fingerprint density at radius 2 is 1.89 bits per heavy atom. The number of anilines is 1. The minimum absolute atomic E-state index is 0.109. The van der Waals surface area contributed by atoms with Crippen molar-refractivity contribution in [2.24, 2.45) is 11.8 Å². The molecule has 2 atom stereocenters. The fourth-order valence-corrected chi connectivity index (χ4v) is 5.73. The highest BCUT2D eigenvalue weighted by Crippen LogP contribution is 2.27. The van der Waals surface area contributed by atoms with Crippen molar-refractivity contribution < 1.29 is 13.2 Å². The SMILES string of the molecule is Cc1cc(S(=O)(=O)NCCCN2C[C@H](C)C[C@@H](C)C2)ccc1N1CCCC1=O. The smallest absolute Gasteiger partial charge is 0.240 e. The fourth-order valence-electron chi connectivity index (χ4n) is 4.57. The third-order valence-corrected chi connectivity index (χ3v) is 7.19. The van der Waals surface area contributed by atoms with Crippen LogP contribution in [0.3, 0.4) is 0 Å². The third kappa shape index (κ3) is 5.13. The van der Waals surface area contributed by atoms with Crippen LogP contribution in [-0.4, -0.2) is 51.9 Å². The maximum atomic E-state index is 12.6. The summed E-state index contributed by atoms with van der Waals surface area (Å²) in [5.41, 5.74) is 1.63. The topological polar surface area (TPSA) is 69.7 Å². The molecule has 6 nitrogen and oxygen atoms in total. The van der Waals surface area contributed by atoms with Crippen LogP contribution in [0.25, 0.3) is 0 Å². The molecule has 2 aliphatic heterocycles. The van der Waals surface area contributed by atoms with Crippen LogP contribution in [0, 0.1) is 18.8 Å². The number of sulfonamides is 1. The molecular formula is C21H33N3O3S. The molecule has 2 heterocycles. The van der Waals surface area contributed by atoms with E-state index in [1.165, 1.54) is 6.42 Å². The number of nitrogens with one attached hydrogen (secondary N) is 1. The number of amides is 1. The zero-order chi connectivity index (χ0) is 20.3. The molecule has 1 aromatic rings. The van der Waals surface area contributed by atoms with Gasteiger partial charge in [-0.05, 0) is 68.3 Å². The van der Waals surface area contributed by atoms with Crippen molar-refractivity contribution in [3.05, 3.63) is 23.8 Å². The van der Waals surface area contributed by atoms with Crippen molar-refractivity contribution in [1.29, 1.82) is 0 Å². The number of rotatable bonds is 7. The van der Waals surface area contributed by atoms with E-state index in [1.54, 1.807) is 23.1 Å². The van der Waals surface area contributed by atoms with Crippen LogP contribution in [0.15, 0.2) is 23.1 Å². The normalized spacial score (nSPS) is 24.1. The van der Waals surface area contributed by atoms with Gasteiger partial charge in [-0.2, -0.15) is 0 Å². The van der Waals surface area contributed by atoms with Crippen LogP contribution < -0.4 is 9.62 Å². The molecule has 0 bridgehead atoms. The summed E-state index contributed by atoms with van der Waals surface area (Å²) in [6, 6.07) is 5.02. The Labute approximate surface area is 169 Å². The van der Waals surface area contributed by atoms with Crippen LogP contribution in [0.4, 0.5) is 5.69 Å². The lowest BCUT2D eigenvalue weighted by Crippen LogP contribution is -2.40. The first-order valence-electron chi connectivity index (χ1n) is 10.4. The van der Waals surface area contributed by atoms with E-state index in [0.717, 1.165) is 43.7 Å². The number of likely N-dealkylation sites (tertiary alicyclic amines) is 1. The first kappa shape index (κ1) is 21.3. The van der Waals surface area contributed by atoms with Crippen molar-refractivity contribution in [3.8, 4) is 0 Å². The molecule has 1 aromatic carbocycles. The van der Waals surface area contributed by atoms with E-state index >= 15 is 0 Å². The van der Waals surface area contributed by atoms with E-state index in [0.29, 0.717) is 31.3 Å². The average Bonchev–Trinajstić information content (AvgIpc) is 3.03. The Morgan fingerprint density at radius 1 is 1.18 bits per heavy atom. The maximum absolute atomic E-state index is 12.6. The highest BCUT2D eigenvalue weighted by molar-refractivity contribution is 7.89. The Balaban J connectivity index is 1.54. The van der Waals surface area contributed by atoms with Gasteiger partial charge in [0.2, 0.25) is 15.9 Å². The van der Waals surface area contributed by atoms with E-state index in [1.807, 2.05) is 6.92 Å². The van der Waals surface area contributed by atoms with E-state index in [-0.39, 0.29) is 10.8 Å². The minimum Gasteiger partial charge on any atom is -0.312 e. The van der Waals surface area contributed by atoms with E-state index < -0.39 is 10.0 Å². The molecule has 2 saturated heterocycles. The quantitative estimate of drug-likeness (QED) is 0.706. The molecule has 28 heavy (non-hydrogen) atoms. The number of nitrogens with zero attached hydrogens (tertiary/aromatic N) is 2. The molecule has 1 N–H and O–H groups in total. The highest BCUT2D eigenvalue weighted by atomic mass is 32.2. The maximum Gasteiger partial charge on any atom is 0.240 e. The average molecular weight is 408 g/mol. The molecule has 0 unspecified atom stereocenters. The largest absolute Gasteiger partial charge is 0.312 e. The molecule has 156 valence electrons. The lowest BCUT2D eigenvalue weighted by atomic mass is 9.92. The molecule has 3 rings (SSSR count). The van der Waals surface area contributed by atoms with Gasteiger partial charge in [0.15, 0.2) is 0 Å². The Morgan fingerprint density at radius 3 is 2.50 bits per heavy atom. The summed E-state index contributed by atoms with van der Waals surface area (Å²) in [5.74, 6) is 1.53. The van der Waals surface area contributed by atoms with Gasteiger partial charge < -0.3 is 9.80 Å². The van der Waals surface area contributed by atoms with Crippen LogP contribution in [-0.2, 0) is 14.8 Å². The van der Waals surface area contributed by atoms with E-state index in [9.17, 15) is 13.2 Å². The Kier molecular flexibility index (Phi) is 6.78. The summed E-state index contributed by atoms with van der Waals surface area (Å²) < 4.78 is 28.0. The van der Waals surface area contributed by atoms with Crippen molar-refractivity contribution in [2.75, 3.05) is 37.6 Å². The third-order valence-electron chi connectivity index (χ3n) is 5.73. The molecule has 2 aliphatic rings. The Hall–Kier alpha value is -1.44. The molecule has 7 heteroatoms. The second kappa shape index (κ2) is 8.93. The molecule has 0 aliphatic carbocycles. The highest BCUT2D eigenvalue weighted by Gasteiger charge is 2.24. The van der Waals surface area contributed by atoms with Crippen LogP contribution in [0.1, 0.15) is 45.1 Å². The lowest BCUT2D eigenvalue weighted by Gasteiger charge is -2.34. The fraction of sp³-hybridized carbons (Fsp3) is 0.667. The van der Waals surface area contributed by atoms with E-state index in [2.05, 4.69) is 23.5 Å². The van der Waals surface area contributed by atoms with Gasteiger partial charge in [-0.25, -0.2) is 13.1 Å². The predicted octanol–water partition coefficient (Wildman–Crippen LogP) is 2.77. The second-order valence-corrected chi connectivity index (χ2v) is 10.3. The van der Waals surface area contributed by atoms with Crippen LogP contribution in [0.5, 0.6) is 0 Å². The lowest BCUT2D eigenvalue weighted by molar-refractivity contribution is -0.117. The van der Waals surface area contributed by atoms with Gasteiger partial charge in [-0.1, -0.05) is 13.8 Å². The summed E-state index contributed by atoms with van der Waals surface area (Å²) in [5, 5.41) is 0. The molecule has 0 aromatic heterocycles. The number of piperidine rings is 1. The summed E-state index contributed by atoms with van der Waals surface area (Å²) in [7, 11) is -3.53. The van der Waals surface area contributed by atoms with Gasteiger partial charge in [0, 0.05) is 38.3 Å². The summed E-state index contributed by atoms with van der Waals surface area (Å²) >= 11 is 0. The number of benzene rings is 1. The number of carbonyl (C=O) groups excluding carboxylic acids is 1. The van der Waals surface area contributed by atoms with Gasteiger partial charge in [0.1, 0.15) is 0 Å². The van der Waals surface area contributed by atoms with Gasteiger partial charge in [-0.15, -0.1) is 0 Å².